The average molecular weight is 473 g/mol. The number of ether oxygens (including phenoxy) is 1. The second kappa shape index (κ2) is 10.1. The van der Waals surface area contributed by atoms with Crippen molar-refractivity contribution in [3.63, 3.8) is 0 Å². The molecule has 0 atom stereocenters. The van der Waals surface area contributed by atoms with Gasteiger partial charge in [-0.3, -0.25) is 9.10 Å². The first-order valence-corrected chi connectivity index (χ1v) is 11.9. The summed E-state index contributed by atoms with van der Waals surface area (Å²) in [5.41, 5.74) is 2.90. The summed E-state index contributed by atoms with van der Waals surface area (Å²) in [7, 11) is -4.01. The molecule has 0 heterocycles. The van der Waals surface area contributed by atoms with Crippen molar-refractivity contribution in [2.75, 3.05) is 22.8 Å². The summed E-state index contributed by atoms with van der Waals surface area (Å²) in [5.74, 6) is 0.220. The molecule has 3 aromatic rings. The van der Waals surface area contributed by atoms with E-state index in [9.17, 15) is 13.2 Å². The number of amides is 1. The van der Waals surface area contributed by atoms with Crippen LogP contribution in [0.15, 0.2) is 71.6 Å². The Bertz CT molecular complexity index is 1190. The van der Waals surface area contributed by atoms with E-state index < -0.39 is 15.9 Å². The molecule has 0 fully saturated rings. The van der Waals surface area contributed by atoms with E-state index in [1.807, 2.05) is 26.8 Å². The molecule has 0 aliphatic rings. The molecule has 3 aromatic carbocycles. The Morgan fingerprint density at radius 1 is 0.969 bits per heavy atom. The van der Waals surface area contributed by atoms with E-state index in [0.29, 0.717) is 28.8 Å². The van der Waals surface area contributed by atoms with Crippen molar-refractivity contribution in [1.29, 1.82) is 0 Å². The van der Waals surface area contributed by atoms with Gasteiger partial charge >= 0.3 is 0 Å². The first-order chi connectivity index (χ1) is 15.2. The topological polar surface area (TPSA) is 75.7 Å². The van der Waals surface area contributed by atoms with Crippen LogP contribution in [0.5, 0.6) is 5.75 Å². The lowest BCUT2D eigenvalue weighted by Gasteiger charge is -2.25. The second-order valence-electron chi connectivity index (χ2n) is 7.24. The van der Waals surface area contributed by atoms with Crippen LogP contribution in [-0.4, -0.2) is 27.5 Å². The summed E-state index contributed by atoms with van der Waals surface area (Å²) in [6, 6.07) is 18.0. The maximum atomic E-state index is 13.4. The molecule has 0 radical (unpaired) electrons. The molecule has 168 valence electrons. The molecule has 0 bridgehead atoms. The van der Waals surface area contributed by atoms with E-state index >= 15 is 0 Å². The highest BCUT2D eigenvalue weighted by atomic mass is 35.5. The lowest BCUT2D eigenvalue weighted by Crippen LogP contribution is -2.38. The van der Waals surface area contributed by atoms with Gasteiger partial charge in [-0.1, -0.05) is 17.7 Å². The number of anilines is 2. The SMILES string of the molecule is CCOc1ccc(NC(=O)CN(c2ccc(C)c(C)c2)S(=O)(=O)c2ccc(Cl)cc2)cc1. The number of nitrogens with zero attached hydrogens (tertiary/aromatic N) is 1. The first-order valence-electron chi connectivity index (χ1n) is 10.1. The van der Waals surface area contributed by atoms with Gasteiger partial charge in [0.2, 0.25) is 5.91 Å². The Kier molecular flexibility index (Phi) is 7.43. The van der Waals surface area contributed by atoms with Gasteiger partial charge < -0.3 is 10.1 Å². The van der Waals surface area contributed by atoms with E-state index in [2.05, 4.69) is 5.32 Å². The number of carbonyl (C=O) groups excluding carboxylic acids is 1. The molecule has 6 nitrogen and oxygen atoms in total. The largest absolute Gasteiger partial charge is 0.494 e. The van der Waals surface area contributed by atoms with E-state index in [1.54, 1.807) is 36.4 Å². The number of sulfonamides is 1. The summed E-state index contributed by atoms with van der Waals surface area (Å²) in [5, 5.41) is 3.17. The molecule has 0 unspecified atom stereocenters. The molecular formula is C24H25ClN2O4S. The zero-order chi connectivity index (χ0) is 23.3. The number of rotatable bonds is 8. The number of carbonyl (C=O) groups is 1. The smallest absolute Gasteiger partial charge is 0.264 e. The van der Waals surface area contributed by atoms with Gasteiger partial charge in [-0.25, -0.2) is 8.42 Å². The molecule has 8 heteroatoms. The van der Waals surface area contributed by atoms with Crippen LogP contribution in [0.2, 0.25) is 5.02 Å². The van der Waals surface area contributed by atoms with Gasteiger partial charge in [-0.15, -0.1) is 0 Å². The number of hydrogen-bond acceptors (Lipinski definition) is 4. The lowest BCUT2D eigenvalue weighted by atomic mass is 10.1. The maximum absolute atomic E-state index is 13.4. The summed E-state index contributed by atoms with van der Waals surface area (Å²) in [4.78, 5) is 12.9. The van der Waals surface area contributed by atoms with Crippen LogP contribution in [-0.2, 0) is 14.8 Å². The molecule has 0 aliphatic heterocycles. The standard InChI is InChI=1S/C24H25ClN2O4S/c1-4-31-22-11-8-20(9-12-22)26-24(28)16-27(21-10-5-17(2)18(3)15-21)32(29,30)23-13-6-19(25)7-14-23/h5-15H,4,16H2,1-3H3,(H,26,28). The Morgan fingerprint density at radius 2 is 1.62 bits per heavy atom. The van der Waals surface area contributed by atoms with Crippen molar-refractivity contribution in [3.8, 4) is 5.75 Å². The van der Waals surface area contributed by atoms with E-state index in [0.717, 1.165) is 15.4 Å². The third-order valence-corrected chi connectivity index (χ3v) is 6.96. The van der Waals surface area contributed by atoms with Gasteiger partial charge in [0.15, 0.2) is 0 Å². The van der Waals surface area contributed by atoms with Gasteiger partial charge in [-0.05, 0) is 92.6 Å². The Hall–Kier alpha value is -3.03. The van der Waals surface area contributed by atoms with Gasteiger partial charge in [-0.2, -0.15) is 0 Å². The van der Waals surface area contributed by atoms with Crippen LogP contribution in [0.4, 0.5) is 11.4 Å². The molecule has 1 N–H and O–H groups in total. The average Bonchev–Trinajstić information content (AvgIpc) is 2.76. The van der Waals surface area contributed by atoms with Crippen LogP contribution >= 0.6 is 11.6 Å². The summed E-state index contributed by atoms with van der Waals surface area (Å²) in [6.07, 6.45) is 0. The fourth-order valence-corrected chi connectivity index (χ4v) is 4.60. The number of nitrogens with one attached hydrogen (secondary N) is 1. The molecular weight excluding hydrogens is 448 g/mol. The molecule has 0 aromatic heterocycles. The van der Waals surface area contributed by atoms with Gasteiger partial charge in [0.1, 0.15) is 12.3 Å². The zero-order valence-corrected chi connectivity index (χ0v) is 19.7. The fraction of sp³-hybridized carbons (Fsp3) is 0.208. The van der Waals surface area contributed by atoms with Crippen LogP contribution in [0.1, 0.15) is 18.1 Å². The molecule has 0 saturated heterocycles. The van der Waals surface area contributed by atoms with Gasteiger partial charge in [0, 0.05) is 10.7 Å². The van der Waals surface area contributed by atoms with Crippen LogP contribution in [0.3, 0.4) is 0 Å². The summed E-state index contributed by atoms with van der Waals surface area (Å²) >= 11 is 5.92. The molecule has 32 heavy (non-hydrogen) atoms. The third kappa shape index (κ3) is 5.60. The predicted molar refractivity (Wildman–Crippen MR) is 128 cm³/mol. The normalized spacial score (nSPS) is 11.1. The number of aryl methyl sites for hydroxylation is 2. The minimum atomic E-state index is -4.01. The molecule has 0 spiro atoms. The zero-order valence-electron chi connectivity index (χ0n) is 18.1. The van der Waals surface area contributed by atoms with Crippen molar-refractivity contribution in [1.82, 2.24) is 0 Å². The number of benzene rings is 3. The predicted octanol–water partition coefficient (Wildman–Crippen LogP) is 5.19. The highest BCUT2D eigenvalue weighted by molar-refractivity contribution is 7.92. The van der Waals surface area contributed by atoms with Crippen molar-refractivity contribution >= 4 is 38.9 Å². The first kappa shape index (κ1) is 23.6. The Balaban J connectivity index is 1.90. The highest BCUT2D eigenvalue weighted by Gasteiger charge is 2.27. The van der Waals surface area contributed by atoms with Crippen molar-refractivity contribution in [2.24, 2.45) is 0 Å². The Morgan fingerprint density at radius 3 is 2.22 bits per heavy atom. The minimum absolute atomic E-state index is 0.0500. The fourth-order valence-electron chi connectivity index (χ4n) is 3.06. The van der Waals surface area contributed by atoms with Gasteiger partial charge in [0.05, 0.1) is 17.2 Å². The van der Waals surface area contributed by atoms with E-state index in [1.165, 1.54) is 24.3 Å². The van der Waals surface area contributed by atoms with Crippen LogP contribution < -0.4 is 14.4 Å². The highest BCUT2D eigenvalue weighted by Crippen LogP contribution is 2.27. The summed E-state index contributed by atoms with van der Waals surface area (Å²) in [6.45, 7) is 5.87. The summed E-state index contributed by atoms with van der Waals surface area (Å²) < 4.78 is 33.4. The van der Waals surface area contributed by atoms with E-state index in [-0.39, 0.29) is 11.4 Å². The van der Waals surface area contributed by atoms with Crippen molar-refractivity contribution in [2.45, 2.75) is 25.7 Å². The molecule has 0 aliphatic carbocycles. The molecule has 0 saturated carbocycles. The maximum Gasteiger partial charge on any atom is 0.264 e. The lowest BCUT2D eigenvalue weighted by molar-refractivity contribution is -0.114. The minimum Gasteiger partial charge on any atom is -0.494 e. The van der Waals surface area contributed by atoms with Crippen molar-refractivity contribution < 1.29 is 17.9 Å². The number of halogens is 1. The van der Waals surface area contributed by atoms with E-state index in [4.69, 9.17) is 16.3 Å². The Labute approximate surface area is 193 Å². The second-order valence-corrected chi connectivity index (χ2v) is 9.54. The monoisotopic (exact) mass is 472 g/mol. The van der Waals surface area contributed by atoms with Crippen LogP contribution in [0.25, 0.3) is 0 Å². The van der Waals surface area contributed by atoms with Gasteiger partial charge in [0.25, 0.3) is 10.0 Å². The van der Waals surface area contributed by atoms with Crippen LogP contribution in [0, 0.1) is 13.8 Å². The third-order valence-electron chi connectivity index (χ3n) is 4.92. The molecule has 1 amide bonds. The number of hydrogen-bond donors (Lipinski definition) is 1. The quantitative estimate of drug-likeness (QED) is 0.489. The van der Waals surface area contributed by atoms with Crippen molar-refractivity contribution in [3.05, 3.63) is 82.9 Å². The molecule has 3 rings (SSSR count).